The third kappa shape index (κ3) is 3.41. The molecule has 0 bridgehead atoms. The number of carbonyl (C=O) groups excluding carboxylic acids is 1. The van der Waals surface area contributed by atoms with E-state index in [1.807, 2.05) is 43.3 Å². The number of aromatic nitrogens is 1. The van der Waals surface area contributed by atoms with Gasteiger partial charge in [0.05, 0.1) is 6.61 Å². The first-order valence-electron chi connectivity index (χ1n) is 8.12. The summed E-state index contributed by atoms with van der Waals surface area (Å²) in [7, 11) is 1.63. The highest BCUT2D eigenvalue weighted by Gasteiger charge is 2.27. The second-order valence-electron chi connectivity index (χ2n) is 5.85. The Morgan fingerprint density at radius 2 is 2.04 bits per heavy atom. The fourth-order valence-corrected chi connectivity index (χ4v) is 3.25. The van der Waals surface area contributed by atoms with E-state index in [9.17, 15) is 4.79 Å². The number of hydrogen-bond donors (Lipinski definition) is 1. The highest BCUT2D eigenvalue weighted by atomic mass is 35.5. The van der Waals surface area contributed by atoms with Crippen LogP contribution in [0.25, 0.3) is 10.9 Å². The summed E-state index contributed by atoms with van der Waals surface area (Å²) in [5.74, 6) is -0.403. The minimum atomic E-state index is -0.411. The molecule has 0 aliphatic heterocycles. The van der Waals surface area contributed by atoms with Crippen LogP contribution in [0, 0.1) is 6.92 Å². The van der Waals surface area contributed by atoms with Crippen molar-refractivity contribution in [2.75, 3.05) is 13.7 Å². The predicted octanol–water partition coefficient (Wildman–Crippen LogP) is 5.04. The Hall–Kier alpha value is -2.30. The fraction of sp³-hybridized carbons (Fsp3) is 0.250. The van der Waals surface area contributed by atoms with E-state index in [1.165, 1.54) is 0 Å². The van der Waals surface area contributed by atoms with Gasteiger partial charge in [0.15, 0.2) is 0 Å². The van der Waals surface area contributed by atoms with Crippen LogP contribution in [0.4, 0.5) is 0 Å². The largest absolute Gasteiger partial charge is 0.461 e. The molecule has 0 saturated carbocycles. The molecular formula is C20H20ClNO3. The number of aromatic amines is 1. The molecule has 25 heavy (non-hydrogen) atoms. The van der Waals surface area contributed by atoms with Gasteiger partial charge in [-0.1, -0.05) is 41.4 Å². The molecule has 2 aromatic carbocycles. The lowest BCUT2D eigenvalue weighted by Gasteiger charge is -2.18. The molecule has 130 valence electrons. The van der Waals surface area contributed by atoms with Crippen LogP contribution in [0.3, 0.4) is 0 Å². The number of aryl methyl sites for hydroxylation is 1. The van der Waals surface area contributed by atoms with E-state index < -0.39 is 12.1 Å². The van der Waals surface area contributed by atoms with Gasteiger partial charge < -0.3 is 14.5 Å². The van der Waals surface area contributed by atoms with E-state index in [4.69, 9.17) is 21.1 Å². The molecule has 1 atom stereocenters. The van der Waals surface area contributed by atoms with Crippen molar-refractivity contribution in [2.24, 2.45) is 0 Å². The van der Waals surface area contributed by atoms with Gasteiger partial charge in [-0.2, -0.15) is 0 Å². The number of ether oxygens (including phenoxy) is 2. The Balaban J connectivity index is 2.25. The van der Waals surface area contributed by atoms with Crippen LogP contribution in [0.1, 0.15) is 40.2 Å². The Labute approximate surface area is 151 Å². The van der Waals surface area contributed by atoms with Gasteiger partial charge in [0.25, 0.3) is 0 Å². The normalized spacial score (nSPS) is 12.3. The van der Waals surface area contributed by atoms with Crippen molar-refractivity contribution < 1.29 is 14.3 Å². The highest BCUT2D eigenvalue weighted by Crippen LogP contribution is 2.36. The molecule has 3 aromatic rings. The third-order valence-electron chi connectivity index (χ3n) is 4.12. The van der Waals surface area contributed by atoms with Gasteiger partial charge in [0.1, 0.15) is 11.8 Å². The number of fused-ring (bicyclic) bond motifs is 1. The van der Waals surface area contributed by atoms with E-state index >= 15 is 0 Å². The van der Waals surface area contributed by atoms with E-state index in [1.54, 1.807) is 20.1 Å². The van der Waals surface area contributed by atoms with Gasteiger partial charge in [-0.15, -0.1) is 0 Å². The summed E-state index contributed by atoms with van der Waals surface area (Å²) in [4.78, 5) is 15.7. The number of rotatable bonds is 5. The van der Waals surface area contributed by atoms with Crippen molar-refractivity contribution in [3.63, 3.8) is 0 Å². The zero-order valence-corrected chi connectivity index (χ0v) is 15.2. The van der Waals surface area contributed by atoms with Crippen LogP contribution in [-0.4, -0.2) is 24.7 Å². The number of H-pyrrole nitrogens is 1. The summed E-state index contributed by atoms with van der Waals surface area (Å²) in [6.45, 7) is 4.11. The molecule has 0 saturated heterocycles. The summed E-state index contributed by atoms with van der Waals surface area (Å²) in [5.41, 5.74) is 4.04. The van der Waals surface area contributed by atoms with Crippen LogP contribution in [-0.2, 0) is 9.47 Å². The lowest BCUT2D eigenvalue weighted by molar-refractivity contribution is 0.0512. The molecule has 1 N–H and O–H groups in total. The Kier molecular flexibility index (Phi) is 5.11. The van der Waals surface area contributed by atoms with Gasteiger partial charge >= 0.3 is 5.97 Å². The first-order chi connectivity index (χ1) is 12.0. The number of halogens is 1. The van der Waals surface area contributed by atoms with Gasteiger partial charge in [0.2, 0.25) is 0 Å². The van der Waals surface area contributed by atoms with E-state index in [-0.39, 0.29) is 0 Å². The van der Waals surface area contributed by atoms with Crippen molar-refractivity contribution in [3.05, 3.63) is 69.9 Å². The maximum Gasteiger partial charge on any atom is 0.355 e. The van der Waals surface area contributed by atoms with Crippen molar-refractivity contribution in [1.29, 1.82) is 0 Å². The number of benzene rings is 2. The molecule has 1 heterocycles. The molecule has 4 nitrogen and oxygen atoms in total. The molecule has 3 rings (SSSR count). The number of nitrogens with one attached hydrogen (secondary N) is 1. The van der Waals surface area contributed by atoms with Gasteiger partial charge in [0, 0.05) is 28.6 Å². The van der Waals surface area contributed by atoms with Crippen molar-refractivity contribution in [3.8, 4) is 0 Å². The molecule has 0 fully saturated rings. The summed E-state index contributed by atoms with van der Waals surface area (Å²) in [5, 5.41) is 1.45. The molecular weight excluding hydrogens is 338 g/mol. The van der Waals surface area contributed by atoms with Crippen molar-refractivity contribution in [1.82, 2.24) is 4.98 Å². The molecule has 0 amide bonds. The average molecular weight is 358 g/mol. The van der Waals surface area contributed by atoms with Gasteiger partial charge in [-0.25, -0.2) is 4.79 Å². The molecule has 5 heteroatoms. The molecule has 1 aromatic heterocycles. The molecule has 1 unspecified atom stereocenters. The zero-order valence-electron chi connectivity index (χ0n) is 14.4. The predicted molar refractivity (Wildman–Crippen MR) is 99.3 cm³/mol. The minimum Gasteiger partial charge on any atom is -0.461 e. The van der Waals surface area contributed by atoms with Gasteiger partial charge in [-0.05, 0) is 37.6 Å². The van der Waals surface area contributed by atoms with Crippen LogP contribution >= 0.6 is 11.6 Å². The molecule has 0 spiro atoms. The van der Waals surface area contributed by atoms with Crippen LogP contribution in [0.15, 0.2) is 42.5 Å². The molecule has 0 aliphatic carbocycles. The highest BCUT2D eigenvalue weighted by molar-refractivity contribution is 6.31. The Morgan fingerprint density at radius 1 is 1.24 bits per heavy atom. The number of methoxy groups -OCH3 is 1. The van der Waals surface area contributed by atoms with E-state index in [0.717, 1.165) is 27.6 Å². The second kappa shape index (κ2) is 7.30. The summed E-state index contributed by atoms with van der Waals surface area (Å²) in [6, 6.07) is 13.5. The number of esters is 1. The van der Waals surface area contributed by atoms with Crippen molar-refractivity contribution >= 4 is 28.5 Å². The maximum absolute atomic E-state index is 12.5. The Morgan fingerprint density at radius 3 is 2.72 bits per heavy atom. The van der Waals surface area contributed by atoms with E-state index in [2.05, 4.69) is 4.98 Å². The molecule has 0 radical (unpaired) electrons. The minimum absolute atomic E-state index is 0.302. The third-order valence-corrected chi connectivity index (χ3v) is 4.36. The second-order valence-corrected chi connectivity index (χ2v) is 6.29. The van der Waals surface area contributed by atoms with Crippen LogP contribution in [0.5, 0.6) is 0 Å². The quantitative estimate of drug-likeness (QED) is 0.650. The van der Waals surface area contributed by atoms with Gasteiger partial charge in [-0.3, -0.25) is 0 Å². The number of carbonyl (C=O) groups is 1. The van der Waals surface area contributed by atoms with Crippen LogP contribution < -0.4 is 0 Å². The summed E-state index contributed by atoms with van der Waals surface area (Å²) < 4.78 is 11.0. The molecule has 0 aliphatic rings. The lowest BCUT2D eigenvalue weighted by atomic mass is 9.97. The van der Waals surface area contributed by atoms with E-state index in [0.29, 0.717) is 17.3 Å². The maximum atomic E-state index is 12.5. The first-order valence-corrected chi connectivity index (χ1v) is 8.50. The summed E-state index contributed by atoms with van der Waals surface area (Å²) in [6.07, 6.45) is -0.411. The average Bonchev–Trinajstić information content (AvgIpc) is 2.95. The lowest BCUT2D eigenvalue weighted by Crippen LogP contribution is -2.12. The monoisotopic (exact) mass is 357 g/mol. The first kappa shape index (κ1) is 17.5. The number of hydrogen-bond acceptors (Lipinski definition) is 3. The topological polar surface area (TPSA) is 51.3 Å². The standard InChI is InChI=1S/C20H20ClNO3/c1-4-25-20(23)18-17(15-11-14(21)8-9-16(15)22-18)19(24-3)13-7-5-6-12(2)10-13/h5-11,19,22H,4H2,1-3H3. The zero-order chi connectivity index (χ0) is 18.0. The SMILES string of the molecule is CCOC(=O)c1[nH]c2ccc(Cl)cc2c1C(OC)c1cccc(C)c1. The smallest absolute Gasteiger partial charge is 0.355 e. The summed E-state index contributed by atoms with van der Waals surface area (Å²) >= 11 is 6.19. The van der Waals surface area contributed by atoms with Crippen molar-refractivity contribution in [2.45, 2.75) is 20.0 Å². The van der Waals surface area contributed by atoms with Crippen LogP contribution in [0.2, 0.25) is 5.02 Å². The fourth-order valence-electron chi connectivity index (χ4n) is 3.08. The Bertz CT molecular complexity index is 916.